The normalized spacial score (nSPS) is 10.5. The maximum Gasteiger partial charge on any atom is 0.416 e. The molecule has 0 aliphatic carbocycles. The van der Waals surface area contributed by atoms with Crippen molar-refractivity contribution in [1.29, 1.82) is 0 Å². The lowest BCUT2D eigenvalue weighted by atomic mass is 10.2. The molecule has 1 N–H and O–H groups in total. The van der Waals surface area contributed by atoms with Gasteiger partial charge in [-0.05, 0) is 54.6 Å². The van der Waals surface area contributed by atoms with Gasteiger partial charge in [-0.15, -0.1) is 0 Å². The Bertz CT molecular complexity index is 1130. The van der Waals surface area contributed by atoms with Crippen molar-refractivity contribution in [2.75, 3.05) is 4.90 Å². The molecule has 30 heavy (non-hydrogen) atoms. The summed E-state index contributed by atoms with van der Waals surface area (Å²) < 4.78 is 0. The maximum absolute atomic E-state index is 12.1. The fourth-order valence-electron chi connectivity index (χ4n) is 3.01. The number of rotatable bonds is 6. The average molecular weight is 430 g/mol. The first-order valence-electron chi connectivity index (χ1n) is 9.39. The number of hydrogen-bond acceptors (Lipinski definition) is 3. The number of carbonyl (C=O) groups is 1. The largest absolute Gasteiger partial charge is 0.464 e. The Labute approximate surface area is 184 Å². The first-order chi connectivity index (χ1) is 14.7. The summed E-state index contributed by atoms with van der Waals surface area (Å²) in [5, 5.41) is 9.89. The highest BCUT2D eigenvalue weighted by Gasteiger charge is 2.20. The Morgan fingerprint density at radius 3 is 1.90 bits per heavy atom. The lowest BCUT2D eigenvalue weighted by Gasteiger charge is -2.22. The van der Waals surface area contributed by atoms with Gasteiger partial charge in [0.05, 0.1) is 11.4 Å². The van der Waals surface area contributed by atoms with Gasteiger partial charge in [0.15, 0.2) is 0 Å². The molecule has 0 heterocycles. The molecular weight excluding hydrogens is 410 g/mol. The van der Waals surface area contributed by atoms with Crippen LogP contribution >= 0.6 is 23.5 Å². The summed E-state index contributed by atoms with van der Waals surface area (Å²) in [5.41, 5.74) is 1.26. The van der Waals surface area contributed by atoms with E-state index in [0.29, 0.717) is 11.4 Å². The van der Waals surface area contributed by atoms with Gasteiger partial charge in [-0.25, -0.2) is 9.69 Å². The van der Waals surface area contributed by atoms with Crippen molar-refractivity contribution in [2.24, 2.45) is 0 Å². The van der Waals surface area contributed by atoms with Crippen molar-refractivity contribution in [1.82, 2.24) is 0 Å². The summed E-state index contributed by atoms with van der Waals surface area (Å²) in [6.07, 6.45) is -1.01. The van der Waals surface area contributed by atoms with Crippen molar-refractivity contribution in [2.45, 2.75) is 19.6 Å². The van der Waals surface area contributed by atoms with Crippen molar-refractivity contribution in [3.8, 4) is 0 Å². The van der Waals surface area contributed by atoms with Crippen molar-refractivity contribution in [3.63, 3.8) is 0 Å². The van der Waals surface area contributed by atoms with Crippen LogP contribution in [0.5, 0.6) is 0 Å². The Kier molecular flexibility index (Phi) is 6.42. The van der Waals surface area contributed by atoms with Crippen molar-refractivity contribution >= 4 is 41.0 Å². The molecule has 0 fully saturated rings. The van der Waals surface area contributed by atoms with Crippen LogP contribution in [-0.2, 0) is 0 Å². The molecule has 5 heteroatoms. The third-order valence-electron chi connectivity index (χ3n) is 4.32. The molecule has 4 aromatic rings. The minimum absolute atomic E-state index is 0.617. The van der Waals surface area contributed by atoms with E-state index in [2.05, 4.69) is 24.3 Å². The second-order valence-corrected chi connectivity index (χ2v) is 8.68. The van der Waals surface area contributed by atoms with Crippen LogP contribution in [0.1, 0.15) is 0 Å². The maximum atomic E-state index is 12.1. The van der Waals surface area contributed by atoms with Gasteiger partial charge in [0, 0.05) is 19.6 Å². The van der Waals surface area contributed by atoms with E-state index in [1.807, 2.05) is 72.8 Å². The molecule has 0 radical (unpaired) electrons. The van der Waals surface area contributed by atoms with Gasteiger partial charge in [0.1, 0.15) is 0 Å². The number of para-hydroxylation sites is 2. The van der Waals surface area contributed by atoms with Gasteiger partial charge >= 0.3 is 6.09 Å². The number of carboxylic acid groups (broad SMARTS) is 1. The molecular formula is C25H19NO2S2. The fourth-order valence-corrected chi connectivity index (χ4v) is 4.98. The third kappa shape index (κ3) is 4.87. The predicted octanol–water partition coefficient (Wildman–Crippen LogP) is 7.81. The molecule has 0 bridgehead atoms. The third-order valence-corrected chi connectivity index (χ3v) is 6.38. The first-order valence-corrected chi connectivity index (χ1v) is 11.0. The zero-order valence-corrected chi connectivity index (χ0v) is 17.6. The summed E-state index contributed by atoms with van der Waals surface area (Å²) in [5.74, 6) is 0. The fraction of sp³-hybridized carbons (Fsp3) is 0. The van der Waals surface area contributed by atoms with Crippen LogP contribution in [0.3, 0.4) is 0 Å². The topological polar surface area (TPSA) is 40.5 Å². The van der Waals surface area contributed by atoms with E-state index in [-0.39, 0.29) is 0 Å². The quantitative estimate of drug-likeness (QED) is 0.339. The van der Waals surface area contributed by atoms with Crippen molar-refractivity contribution < 1.29 is 9.90 Å². The molecule has 0 saturated heterocycles. The van der Waals surface area contributed by atoms with Gasteiger partial charge in [-0.2, -0.15) is 0 Å². The van der Waals surface area contributed by atoms with Crippen LogP contribution in [0.4, 0.5) is 16.2 Å². The average Bonchev–Trinajstić information content (AvgIpc) is 2.77. The minimum atomic E-state index is -1.01. The lowest BCUT2D eigenvalue weighted by Crippen LogP contribution is -2.24. The molecule has 4 aromatic carbocycles. The van der Waals surface area contributed by atoms with E-state index in [1.165, 1.54) is 9.80 Å². The summed E-state index contributed by atoms with van der Waals surface area (Å²) in [4.78, 5) is 17.7. The molecule has 0 aliphatic heterocycles. The lowest BCUT2D eigenvalue weighted by molar-refractivity contribution is 0.204. The van der Waals surface area contributed by atoms with Gasteiger partial charge < -0.3 is 5.11 Å². The highest BCUT2D eigenvalue weighted by molar-refractivity contribution is 8.00. The highest BCUT2D eigenvalue weighted by Crippen LogP contribution is 2.39. The van der Waals surface area contributed by atoms with Crippen LogP contribution in [-0.4, -0.2) is 11.2 Å². The second-order valence-electron chi connectivity index (χ2n) is 6.41. The first kappa shape index (κ1) is 20.1. The molecule has 1 amide bonds. The summed E-state index contributed by atoms with van der Waals surface area (Å²) in [6, 6.07) is 35.3. The van der Waals surface area contributed by atoms with Gasteiger partial charge in [0.25, 0.3) is 0 Å². The molecule has 0 aliphatic rings. The van der Waals surface area contributed by atoms with Gasteiger partial charge in [-0.1, -0.05) is 78.1 Å². The van der Waals surface area contributed by atoms with Crippen molar-refractivity contribution in [3.05, 3.63) is 109 Å². The Balaban J connectivity index is 1.63. The number of hydrogen-bond donors (Lipinski definition) is 1. The SMILES string of the molecule is O=C(O)N(c1ccccc1)c1ccccc1Sc1cccc(Sc2ccccc2)c1. The van der Waals surface area contributed by atoms with Crippen LogP contribution in [0.2, 0.25) is 0 Å². The summed E-state index contributed by atoms with van der Waals surface area (Å²) in [7, 11) is 0. The number of nitrogens with zero attached hydrogens (tertiary/aromatic N) is 1. The van der Waals surface area contributed by atoms with Crippen LogP contribution in [0, 0.1) is 0 Å². The van der Waals surface area contributed by atoms with E-state index in [0.717, 1.165) is 14.7 Å². The van der Waals surface area contributed by atoms with E-state index in [9.17, 15) is 9.90 Å². The van der Waals surface area contributed by atoms with E-state index in [1.54, 1.807) is 35.7 Å². The zero-order chi connectivity index (χ0) is 20.8. The van der Waals surface area contributed by atoms with Crippen LogP contribution in [0.25, 0.3) is 0 Å². The molecule has 148 valence electrons. The van der Waals surface area contributed by atoms with E-state index >= 15 is 0 Å². The standard InChI is InChI=1S/C25H19NO2S2/c27-25(28)26(19-10-3-1-4-11-19)23-16-7-8-17-24(23)30-22-15-9-14-21(18-22)29-20-12-5-2-6-13-20/h1-18H,(H,27,28). The molecule has 0 saturated carbocycles. The van der Waals surface area contributed by atoms with Crippen LogP contribution < -0.4 is 4.90 Å². The Hall–Kier alpha value is -3.15. The molecule has 0 aromatic heterocycles. The summed E-state index contributed by atoms with van der Waals surface area (Å²) in [6.45, 7) is 0. The van der Waals surface area contributed by atoms with E-state index < -0.39 is 6.09 Å². The van der Waals surface area contributed by atoms with E-state index in [4.69, 9.17) is 0 Å². The smallest absolute Gasteiger partial charge is 0.416 e. The number of benzene rings is 4. The highest BCUT2D eigenvalue weighted by atomic mass is 32.2. The molecule has 0 unspecified atom stereocenters. The molecule has 0 atom stereocenters. The molecule has 0 spiro atoms. The number of amides is 1. The monoisotopic (exact) mass is 429 g/mol. The van der Waals surface area contributed by atoms with Gasteiger partial charge in [-0.3, -0.25) is 0 Å². The minimum Gasteiger partial charge on any atom is -0.464 e. The molecule has 3 nitrogen and oxygen atoms in total. The predicted molar refractivity (Wildman–Crippen MR) is 124 cm³/mol. The Morgan fingerprint density at radius 1 is 0.633 bits per heavy atom. The van der Waals surface area contributed by atoms with Crippen LogP contribution in [0.15, 0.2) is 129 Å². The number of anilines is 2. The van der Waals surface area contributed by atoms with Gasteiger partial charge in [0.2, 0.25) is 0 Å². The molecule has 4 rings (SSSR count). The Morgan fingerprint density at radius 2 is 1.20 bits per heavy atom. The second kappa shape index (κ2) is 9.57. The zero-order valence-electron chi connectivity index (χ0n) is 16.0. The summed E-state index contributed by atoms with van der Waals surface area (Å²) >= 11 is 3.27.